The Morgan fingerprint density at radius 3 is 2.69 bits per heavy atom. The largest absolute Gasteiger partial charge is 0.0809 e. The summed E-state index contributed by atoms with van der Waals surface area (Å²) in [5.74, 6) is 0. The van der Waals surface area contributed by atoms with Crippen molar-refractivity contribution in [3.05, 3.63) is 53.6 Å². The van der Waals surface area contributed by atoms with E-state index in [-0.39, 0.29) is 0 Å². The Morgan fingerprint density at radius 2 is 1.81 bits per heavy atom. The van der Waals surface area contributed by atoms with E-state index in [4.69, 9.17) is 0 Å². The SMILES string of the molecule is CC[Si]c1cccc2c1Cc1ccccc1-2. The van der Waals surface area contributed by atoms with E-state index in [1.165, 1.54) is 22.7 Å². The van der Waals surface area contributed by atoms with Gasteiger partial charge in [0.05, 0.1) is 9.52 Å². The molecule has 78 valence electrons. The summed E-state index contributed by atoms with van der Waals surface area (Å²) in [6.45, 7) is 2.26. The highest BCUT2D eigenvalue weighted by Gasteiger charge is 2.19. The van der Waals surface area contributed by atoms with Crippen molar-refractivity contribution in [3.63, 3.8) is 0 Å². The van der Waals surface area contributed by atoms with Gasteiger partial charge in [-0.05, 0) is 28.7 Å². The second kappa shape index (κ2) is 3.91. The van der Waals surface area contributed by atoms with Crippen LogP contribution in [0.15, 0.2) is 42.5 Å². The molecule has 0 bridgehead atoms. The van der Waals surface area contributed by atoms with Crippen molar-refractivity contribution in [1.29, 1.82) is 0 Å². The van der Waals surface area contributed by atoms with Gasteiger partial charge in [-0.2, -0.15) is 0 Å². The minimum absolute atomic E-state index is 0.957. The van der Waals surface area contributed by atoms with Gasteiger partial charge in [0.15, 0.2) is 0 Å². The number of fused-ring (bicyclic) bond motifs is 3. The highest BCUT2D eigenvalue weighted by atomic mass is 28.2. The van der Waals surface area contributed by atoms with Crippen molar-refractivity contribution in [2.75, 3.05) is 0 Å². The van der Waals surface area contributed by atoms with Crippen LogP contribution in [0, 0.1) is 0 Å². The number of hydrogen-bond donors (Lipinski definition) is 0. The van der Waals surface area contributed by atoms with E-state index in [2.05, 4.69) is 49.4 Å². The lowest BCUT2D eigenvalue weighted by Gasteiger charge is -2.06. The molecule has 2 aromatic carbocycles. The quantitative estimate of drug-likeness (QED) is 0.585. The second-order valence-electron chi connectivity index (χ2n) is 4.20. The number of rotatable bonds is 2. The van der Waals surface area contributed by atoms with Gasteiger partial charge in [-0.25, -0.2) is 0 Å². The highest BCUT2D eigenvalue weighted by Crippen LogP contribution is 2.34. The summed E-state index contributed by atoms with van der Waals surface area (Å²) < 4.78 is 0. The maximum atomic E-state index is 2.30. The van der Waals surface area contributed by atoms with Crippen LogP contribution in [0.25, 0.3) is 11.1 Å². The van der Waals surface area contributed by atoms with Gasteiger partial charge >= 0.3 is 0 Å². The zero-order valence-electron chi connectivity index (χ0n) is 9.46. The summed E-state index contributed by atoms with van der Waals surface area (Å²) in [5.41, 5.74) is 5.98. The fraction of sp³-hybridized carbons (Fsp3) is 0.200. The smallest absolute Gasteiger partial charge is 0.0679 e. The molecule has 0 aliphatic heterocycles. The highest BCUT2D eigenvalue weighted by molar-refractivity contribution is 6.54. The molecule has 0 N–H and O–H groups in total. The molecule has 1 aliphatic carbocycles. The molecular weight excluding hydrogens is 208 g/mol. The van der Waals surface area contributed by atoms with Crippen LogP contribution in [-0.4, -0.2) is 9.52 Å². The van der Waals surface area contributed by atoms with Crippen molar-refractivity contribution in [2.24, 2.45) is 0 Å². The van der Waals surface area contributed by atoms with Gasteiger partial charge in [0, 0.05) is 0 Å². The number of hydrogen-bond acceptors (Lipinski definition) is 0. The van der Waals surface area contributed by atoms with Crippen molar-refractivity contribution in [1.82, 2.24) is 0 Å². The molecular formula is C15H14Si. The van der Waals surface area contributed by atoms with Gasteiger partial charge in [-0.1, -0.05) is 60.6 Å². The van der Waals surface area contributed by atoms with Crippen molar-refractivity contribution in [3.8, 4) is 11.1 Å². The lowest BCUT2D eigenvalue weighted by Crippen LogP contribution is -2.17. The van der Waals surface area contributed by atoms with E-state index in [1.54, 1.807) is 10.8 Å². The summed E-state index contributed by atoms with van der Waals surface area (Å²) in [7, 11) is 0.957. The van der Waals surface area contributed by atoms with Crippen molar-refractivity contribution >= 4 is 14.7 Å². The van der Waals surface area contributed by atoms with E-state index >= 15 is 0 Å². The molecule has 0 aromatic heterocycles. The van der Waals surface area contributed by atoms with Gasteiger partial charge < -0.3 is 0 Å². The van der Waals surface area contributed by atoms with Crippen LogP contribution >= 0.6 is 0 Å². The first-order chi connectivity index (χ1) is 7.90. The molecule has 0 amide bonds. The Hall–Kier alpha value is -1.34. The molecule has 1 heteroatoms. The fourth-order valence-corrected chi connectivity index (χ4v) is 3.54. The first-order valence-corrected chi connectivity index (χ1v) is 7.05. The molecule has 0 heterocycles. The van der Waals surface area contributed by atoms with E-state index in [0.29, 0.717) is 0 Å². The molecule has 2 radical (unpaired) electrons. The fourth-order valence-electron chi connectivity index (χ4n) is 2.51. The maximum Gasteiger partial charge on any atom is 0.0809 e. The second-order valence-corrected chi connectivity index (χ2v) is 5.80. The predicted molar refractivity (Wildman–Crippen MR) is 70.6 cm³/mol. The van der Waals surface area contributed by atoms with Crippen LogP contribution in [0.3, 0.4) is 0 Å². The van der Waals surface area contributed by atoms with E-state index in [1.807, 2.05) is 0 Å². The van der Waals surface area contributed by atoms with Crippen LogP contribution in [0.4, 0.5) is 0 Å². The van der Waals surface area contributed by atoms with E-state index in [0.717, 1.165) is 15.9 Å². The lowest BCUT2D eigenvalue weighted by molar-refractivity contribution is 1.28. The first kappa shape index (κ1) is 9.85. The molecule has 0 spiro atoms. The molecule has 0 saturated heterocycles. The van der Waals surface area contributed by atoms with Gasteiger partial charge in [0.1, 0.15) is 0 Å². The van der Waals surface area contributed by atoms with Crippen LogP contribution in [0.1, 0.15) is 18.1 Å². The summed E-state index contributed by atoms with van der Waals surface area (Å²) >= 11 is 0. The Balaban J connectivity index is 2.16. The lowest BCUT2D eigenvalue weighted by atomic mass is 10.1. The summed E-state index contributed by atoms with van der Waals surface area (Å²) in [5, 5.41) is 1.57. The molecule has 3 rings (SSSR count). The maximum absolute atomic E-state index is 2.30. The molecule has 0 atom stereocenters. The van der Waals surface area contributed by atoms with Crippen LogP contribution in [0.2, 0.25) is 6.04 Å². The Labute approximate surface area is 99.2 Å². The topological polar surface area (TPSA) is 0 Å². The minimum atomic E-state index is 0.957. The zero-order chi connectivity index (χ0) is 11.0. The molecule has 0 fully saturated rings. The third kappa shape index (κ3) is 1.43. The summed E-state index contributed by atoms with van der Waals surface area (Å²) in [4.78, 5) is 0. The summed E-state index contributed by atoms with van der Waals surface area (Å²) in [6.07, 6.45) is 1.13. The van der Waals surface area contributed by atoms with Crippen molar-refractivity contribution < 1.29 is 0 Å². The normalized spacial score (nSPS) is 12.3. The average molecular weight is 222 g/mol. The molecule has 1 aliphatic rings. The monoisotopic (exact) mass is 222 g/mol. The average Bonchev–Trinajstić information content (AvgIpc) is 2.69. The third-order valence-electron chi connectivity index (χ3n) is 3.22. The molecule has 2 aromatic rings. The van der Waals surface area contributed by atoms with Gasteiger partial charge in [-0.15, -0.1) is 0 Å². The minimum Gasteiger partial charge on any atom is -0.0679 e. The van der Waals surface area contributed by atoms with Crippen LogP contribution < -0.4 is 5.19 Å². The molecule has 0 unspecified atom stereocenters. The van der Waals surface area contributed by atoms with Crippen LogP contribution in [-0.2, 0) is 6.42 Å². The van der Waals surface area contributed by atoms with E-state index in [9.17, 15) is 0 Å². The molecule has 0 nitrogen and oxygen atoms in total. The standard InChI is InChI=1S/C15H14Si/c1-2-16-15-9-5-8-13-12-7-4-3-6-11(12)10-14(13)15/h3-9H,2,10H2,1H3. The predicted octanol–water partition coefficient (Wildman–Crippen LogP) is 3.03. The zero-order valence-corrected chi connectivity index (χ0v) is 10.5. The van der Waals surface area contributed by atoms with Crippen LogP contribution in [0.5, 0.6) is 0 Å². The third-order valence-corrected chi connectivity index (χ3v) is 4.42. The van der Waals surface area contributed by atoms with Gasteiger partial charge in [-0.3, -0.25) is 0 Å². The Kier molecular flexibility index (Phi) is 2.41. The Bertz CT molecular complexity index is 529. The molecule has 16 heavy (non-hydrogen) atoms. The van der Waals surface area contributed by atoms with Crippen molar-refractivity contribution in [2.45, 2.75) is 19.4 Å². The Morgan fingerprint density at radius 1 is 1.00 bits per heavy atom. The molecule has 0 saturated carbocycles. The van der Waals surface area contributed by atoms with Gasteiger partial charge in [0.2, 0.25) is 0 Å². The number of benzene rings is 2. The first-order valence-electron chi connectivity index (χ1n) is 5.84. The summed E-state index contributed by atoms with van der Waals surface area (Å²) in [6, 6.07) is 16.8. The van der Waals surface area contributed by atoms with Gasteiger partial charge in [0.25, 0.3) is 0 Å². The van der Waals surface area contributed by atoms with E-state index < -0.39 is 0 Å².